The molecule has 3 rings (SSSR count). The topological polar surface area (TPSA) is 51.8 Å². The molecule has 0 spiro atoms. The van der Waals surface area contributed by atoms with Crippen molar-refractivity contribution in [1.82, 2.24) is 9.97 Å². The van der Waals surface area contributed by atoms with Crippen LogP contribution in [0.5, 0.6) is 0 Å². The highest BCUT2D eigenvalue weighted by Crippen LogP contribution is 2.38. The first-order chi connectivity index (χ1) is 9.27. The number of nitrogens with zero attached hydrogens (tertiary/aromatic N) is 2. The van der Waals surface area contributed by atoms with Gasteiger partial charge in [-0.2, -0.15) is 0 Å². The van der Waals surface area contributed by atoms with E-state index in [4.69, 9.17) is 5.73 Å². The van der Waals surface area contributed by atoms with Gasteiger partial charge in [-0.25, -0.2) is 4.39 Å². The fourth-order valence-electron chi connectivity index (χ4n) is 2.87. The van der Waals surface area contributed by atoms with Crippen LogP contribution in [0.1, 0.15) is 41.6 Å². The second-order valence-corrected chi connectivity index (χ2v) is 4.97. The minimum absolute atomic E-state index is 0.0850. The molecule has 2 aromatic rings. The number of halogens is 1. The molecular formula is C15H16FN3. The minimum atomic E-state index is -0.364. The van der Waals surface area contributed by atoms with E-state index in [1.54, 1.807) is 18.5 Å². The molecule has 0 saturated heterocycles. The normalized spacial score (nSPS) is 19.8. The van der Waals surface area contributed by atoms with Gasteiger partial charge in [-0.05, 0) is 37.0 Å². The third-order valence-electron chi connectivity index (χ3n) is 3.83. The number of pyridine rings is 2. The van der Waals surface area contributed by atoms with E-state index in [0.29, 0.717) is 5.56 Å². The molecule has 3 nitrogen and oxygen atoms in total. The van der Waals surface area contributed by atoms with E-state index >= 15 is 0 Å². The highest BCUT2D eigenvalue weighted by atomic mass is 19.1. The quantitative estimate of drug-likeness (QED) is 0.900. The first-order valence-corrected chi connectivity index (χ1v) is 6.56. The maximum absolute atomic E-state index is 13.8. The van der Waals surface area contributed by atoms with Gasteiger partial charge in [0.05, 0.1) is 6.20 Å². The maximum atomic E-state index is 13.8. The number of fused-ring (bicyclic) bond motifs is 1. The summed E-state index contributed by atoms with van der Waals surface area (Å²) in [5.41, 5.74) is 9.07. The molecule has 0 radical (unpaired) electrons. The summed E-state index contributed by atoms with van der Waals surface area (Å²) in [6.45, 7) is 0. The van der Waals surface area contributed by atoms with Crippen molar-refractivity contribution < 1.29 is 4.39 Å². The molecule has 0 saturated carbocycles. The summed E-state index contributed by atoms with van der Waals surface area (Å²) in [7, 11) is 0. The number of nitrogens with two attached hydrogens (primary N) is 1. The number of hydrogen-bond donors (Lipinski definition) is 1. The van der Waals surface area contributed by atoms with E-state index in [9.17, 15) is 4.39 Å². The molecule has 2 atom stereocenters. The van der Waals surface area contributed by atoms with Gasteiger partial charge >= 0.3 is 0 Å². The van der Waals surface area contributed by atoms with Crippen LogP contribution < -0.4 is 5.73 Å². The van der Waals surface area contributed by atoms with Crippen molar-refractivity contribution >= 4 is 0 Å². The van der Waals surface area contributed by atoms with Crippen LogP contribution in [0.4, 0.5) is 4.39 Å². The van der Waals surface area contributed by atoms with E-state index in [0.717, 1.165) is 25.0 Å². The Hall–Kier alpha value is -1.81. The van der Waals surface area contributed by atoms with Gasteiger partial charge in [-0.1, -0.05) is 6.07 Å². The van der Waals surface area contributed by atoms with Crippen molar-refractivity contribution in [1.29, 1.82) is 0 Å². The molecule has 0 bridgehead atoms. The average molecular weight is 257 g/mol. The lowest BCUT2D eigenvalue weighted by atomic mass is 9.80. The lowest BCUT2D eigenvalue weighted by molar-refractivity contribution is 0.447. The highest BCUT2D eigenvalue weighted by molar-refractivity contribution is 5.31. The summed E-state index contributed by atoms with van der Waals surface area (Å²) >= 11 is 0. The van der Waals surface area contributed by atoms with Crippen LogP contribution in [0.25, 0.3) is 0 Å². The number of hydrogen-bond acceptors (Lipinski definition) is 3. The van der Waals surface area contributed by atoms with Crippen molar-refractivity contribution in [3.05, 3.63) is 59.4 Å². The fraction of sp³-hybridized carbons (Fsp3) is 0.333. The van der Waals surface area contributed by atoms with Crippen molar-refractivity contribution in [3.63, 3.8) is 0 Å². The second kappa shape index (κ2) is 5.05. The zero-order chi connectivity index (χ0) is 13.2. The van der Waals surface area contributed by atoms with Gasteiger partial charge < -0.3 is 5.73 Å². The largest absolute Gasteiger partial charge is 0.323 e. The van der Waals surface area contributed by atoms with Gasteiger partial charge in [0.15, 0.2) is 0 Å². The summed E-state index contributed by atoms with van der Waals surface area (Å²) in [4.78, 5) is 8.23. The van der Waals surface area contributed by atoms with Gasteiger partial charge in [0, 0.05) is 35.6 Å². The summed E-state index contributed by atoms with van der Waals surface area (Å²) in [6, 6.07) is 5.33. The van der Waals surface area contributed by atoms with Gasteiger partial charge in [-0.15, -0.1) is 0 Å². The summed E-state index contributed by atoms with van der Waals surface area (Å²) in [5, 5.41) is 0. The van der Waals surface area contributed by atoms with Gasteiger partial charge in [0.25, 0.3) is 0 Å². The zero-order valence-electron chi connectivity index (χ0n) is 10.6. The standard InChI is InChI=1S/C15H16FN3/c16-13-9-18-8-6-11(13)14(17)12-5-1-3-10-4-2-7-19-15(10)12/h2,4,6-9,12,14H,1,3,5,17H2. The summed E-state index contributed by atoms with van der Waals surface area (Å²) in [5.74, 6) is -0.250. The van der Waals surface area contributed by atoms with Crippen LogP contribution in [0.3, 0.4) is 0 Å². The van der Waals surface area contributed by atoms with Crippen LogP contribution in [0.15, 0.2) is 36.8 Å². The Bertz CT molecular complexity index is 585. The maximum Gasteiger partial charge on any atom is 0.146 e. The number of aryl methyl sites for hydroxylation is 1. The Morgan fingerprint density at radius 1 is 1.32 bits per heavy atom. The Morgan fingerprint density at radius 2 is 2.21 bits per heavy atom. The molecule has 0 aromatic carbocycles. The van der Waals surface area contributed by atoms with E-state index in [1.807, 2.05) is 6.07 Å². The molecule has 19 heavy (non-hydrogen) atoms. The van der Waals surface area contributed by atoms with Gasteiger partial charge in [0.2, 0.25) is 0 Å². The Kier molecular flexibility index (Phi) is 3.25. The molecular weight excluding hydrogens is 241 g/mol. The first kappa shape index (κ1) is 12.2. The van der Waals surface area contributed by atoms with E-state index < -0.39 is 0 Å². The van der Waals surface area contributed by atoms with E-state index in [1.165, 1.54) is 11.8 Å². The Labute approximate surface area is 111 Å². The molecule has 0 fully saturated rings. The van der Waals surface area contributed by atoms with Gasteiger partial charge in [-0.3, -0.25) is 9.97 Å². The molecule has 2 unspecified atom stereocenters. The average Bonchev–Trinajstić information content (AvgIpc) is 2.46. The zero-order valence-corrected chi connectivity index (χ0v) is 10.6. The van der Waals surface area contributed by atoms with Crippen molar-refractivity contribution in [2.45, 2.75) is 31.2 Å². The van der Waals surface area contributed by atoms with Crippen LogP contribution in [-0.2, 0) is 6.42 Å². The lowest BCUT2D eigenvalue weighted by Gasteiger charge is -2.29. The second-order valence-electron chi connectivity index (χ2n) is 4.97. The van der Waals surface area contributed by atoms with Gasteiger partial charge in [0.1, 0.15) is 5.82 Å². The SMILES string of the molecule is NC(c1ccncc1F)C1CCCc2cccnc21. The van der Waals surface area contributed by atoms with E-state index in [2.05, 4.69) is 16.0 Å². The third-order valence-corrected chi connectivity index (χ3v) is 3.83. The first-order valence-electron chi connectivity index (χ1n) is 6.56. The fourth-order valence-corrected chi connectivity index (χ4v) is 2.87. The molecule has 0 aliphatic heterocycles. The molecule has 2 heterocycles. The minimum Gasteiger partial charge on any atom is -0.323 e. The molecule has 2 aromatic heterocycles. The van der Waals surface area contributed by atoms with Crippen LogP contribution >= 0.6 is 0 Å². The Balaban J connectivity index is 1.98. The van der Waals surface area contributed by atoms with Crippen LogP contribution in [0.2, 0.25) is 0 Å². The van der Waals surface area contributed by atoms with Crippen molar-refractivity contribution in [2.75, 3.05) is 0 Å². The predicted octanol–water partition coefficient (Wildman–Crippen LogP) is 2.74. The Morgan fingerprint density at radius 3 is 3.05 bits per heavy atom. The molecule has 98 valence electrons. The summed E-state index contributed by atoms with van der Waals surface area (Å²) in [6.07, 6.45) is 7.65. The lowest BCUT2D eigenvalue weighted by Crippen LogP contribution is -2.25. The van der Waals surface area contributed by atoms with Crippen molar-refractivity contribution in [2.24, 2.45) is 5.73 Å². The number of aromatic nitrogens is 2. The highest BCUT2D eigenvalue weighted by Gasteiger charge is 2.29. The summed E-state index contributed by atoms with van der Waals surface area (Å²) < 4.78 is 13.8. The third kappa shape index (κ3) is 2.24. The monoisotopic (exact) mass is 257 g/mol. The van der Waals surface area contributed by atoms with Crippen molar-refractivity contribution in [3.8, 4) is 0 Å². The molecule has 2 N–H and O–H groups in total. The van der Waals surface area contributed by atoms with Crippen LogP contribution in [-0.4, -0.2) is 9.97 Å². The molecule has 1 aliphatic rings. The van der Waals surface area contributed by atoms with E-state index in [-0.39, 0.29) is 17.8 Å². The smallest absolute Gasteiger partial charge is 0.146 e. The molecule has 0 amide bonds. The molecule has 4 heteroatoms. The predicted molar refractivity (Wildman–Crippen MR) is 71.0 cm³/mol. The molecule has 1 aliphatic carbocycles. The number of rotatable bonds is 2. The van der Waals surface area contributed by atoms with Crippen LogP contribution in [0, 0.1) is 5.82 Å².